The van der Waals surface area contributed by atoms with Crippen LogP contribution in [-0.4, -0.2) is 25.2 Å². The second-order valence-electron chi connectivity index (χ2n) is 5.34. The molecule has 1 saturated carbocycles. The minimum atomic E-state index is -0.495. The molecule has 1 heterocycles. The summed E-state index contributed by atoms with van der Waals surface area (Å²) in [5, 5.41) is 0. The molecule has 0 radical (unpaired) electrons. The van der Waals surface area contributed by atoms with E-state index < -0.39 is 5.97 Å². The maximum Gasteiger partial charge on any atom is 0.376 e. The highest BCUT2D eigenvalue weighted by Gasteiger charge is 2.35. The molecule has 5 nitrogen and oxygen atoms in total. The minimum Gasteiger partial charge on any atom is -0.463 e. The number of esters is 1. The van der Waals surface area contributed by atoms with Crippen molar-refractivity contribution in [1.82, 2.24) is 4.98 Å². The van der Waals surface area contributed by atoms with Crippen molar-refractivity contribution in [2.24, 2.45) is 0 Å². The summed E-state index contributed by atoms with van der Waals surface area (Å²) in [6.07, 6.45) is 5.68. The third kappa shape index (κ3) is 2.81. The molecule has 1 fully saturated rings. The van der Waals surface area contributed by atoms with Crippen LogP contribution in [0.2, 0.25) is 0 Å². The monoisotopic (exact) mass is 267 g/mol. The van der Waals surface area contributed by atoms with Gasteiger partial charge in [0.1, 0.15) is 5.69 Å². The molecule has 5 heteroatoms. The van der Waals surface area contributed by atoms with E-state index in [1.165, 1.54) is 26.4 Å². The average molecular weight is 267 g/mol. The fourth-order valence-electron chi connectivity index (χ4n) is 2.64. The maximum atomic E-state index is 11.7. The van der Waals surface area contributed by atoms with Gasteiger partial charge in [-0.3, -0.25) is 0 Å². The lowest BCUT2D eigenvalue weighted by atomic mass is 9.76. The lowest BCUT2D eigenvalue weighted by Crippen LogP contribution is -2.25. The van der Waals surface area contributed by atoms with E-state index in [-0.39, 0.29) is 17.8 Å². The quantitative estimate of drug-likeness (QED) is 0.785. The Morgan fingerprint density at radius 2 is 2.00 bits per heavy atom. The van der Waals surface area contributed by atoms with Crippen LogP contribution in [0.1, 0.15) is 61.2 Å². The zero-order valence-electron chi connectivity index (χ0n) is 11.8. The molecule has 0 aromatic carbocycles. The van der Waals surface area contributed by atoms with Crippen molar-refractivity contribution < 1.29 is 18.7 Å². The van der Waals surface area contributed by atoms with Gasteiger partial charge in [-0.25, -0.2) is 9.78 Å². The Bertz CT molecular complexity index is 446. The number of ether oxygens (including phenoxy) is 2. The van der Waals surface area contributed by atoms with Crippen molar-refractivity contribution in [3.05, 3.63) is 17.3 Å². The van der Waals surface area contributed by atoms with Gasteiger partial charge in [-0.15, -0.1) is 0 Å². The van der Waals surface area contributed by atoms with Crippen LogP contribution in [0.4, 0.5) is 0 Å². The fraction of sp³-hybridized carbons (Fsp3) is 0.714. The SMILES string of the molecule is COCc1nc(C2(C)CCCCC2)oc1C(=O)OC. The largest absolute Gasteiger partial charge is 0.463 e. The number of carbonyl (C=O) groups excluding carboxylic acids is 1. The topological polar surface area (TPSA) is 61.6 Å². The maximum absolute atomic E-state index is 11.7. The van der Waals surface area contributed by atoms with E-state index in [0.29, 0.717) is 11.6 Å². The van der Waals surface area contributed by atoms with E-state index in [0.717, 1.165) is 12.8 Å². The molecular formula is C14H21NO4. The molecule has 1 aromatic rings. The molecular weight excluding hydrogens is 246 g/mol. The molecule has 106 valence electrons. The van der Waals surface area contributed by atoms with Gasteiger partial charge < -0.3 is 13.9 Å². The standard InChI is InChI=1S/C14H21NO4/c1-14(7-5-4-6-8-14)13-15-10(9-17-2)11(19-13)12(16)18-3/h4-9H2,1-3H3. The van der Waals surface area contributed by atoms with Crippen LogP contribution in [0.15, 0.2) is 4.42 Å². The molecule has 2 rings (SSSR count). The van der Waals surface area contributed by atoms with Gasteiger partial charge in [0.25, 0.3) is 0 Å². The first kappa shape index (κ1) is 14.1. The normalized spacial score (nSPS) is 18.3. The molecule has 19 heavy (non-hydrogen) atoms. The van der Waals surface area contributed by atoms with Gasteiger partial charge in [0, 0.05) is 12.5 Å². The van der Waals surface area contributed by atoms with Gasteiger partial charge in [-0.2, -0.15) is 0 Å². The summed E-state index contributed by atoms with van der Waals surface area (Å²) in [5.41, 5.74) is 0.448. The molecule has 0 saturated heterocycles. The summed E-state index contributed by atoms with van der Waals surface area (Å²) in [6, 6.07) is 0. The lowest BCUT2D eigenvalue weighted by Gasteiger charge is -2.30. The van der Waals surface area contributed by atoms with Crippen LogP contribution >= 0.6 is 0 Å². The first-order chi connectivity index (χ1) is 9.10. The highest BCUT2D eigenvalue weighted by atomic mass is 16.5. The number of aromatic nitrogens is 1. The van der Waals surface area contributed by atoms with Crippen LogP contribution in [0, 0.1) is 0 Å². The molecule has 0 atom stereocenters. The van der Waals surface area contributed by atoms with Gasteiger partial charge in [-0.1, -0.05) is 26.2 Å². The predicted molar refractivity (Wildman–Crippen MR) is 69.0 cm³/mol. The van der Waals surface area contributed by atoms with Crippen molar-refractivity contribution in [3.63, 3.8) is 0 Å². The number of hydrogen-bond donors (Lipinski definition) is 0. The molecule has 1 aliphatic rings. The number of methoxy groups -OCH3 is 2. The van der Waals surface area contributed by atoms with Crippen molar-refractivity contribution in [2.75, 3.05) is 14.2 Å². The van der Waals surface area contributed by atoms with Crippen LogP contribution in [0.5, 0.6) is 0 Å². The van der Waals surface area contributed by atoms with Gasteiger partial charge in [0.05, 0.1) is 13.7 Å². The van der Waals surface area contributed by atoms with Crippen molar-refractivity contribution in [3.8, 4) is 0 Å². The van der Waals surface area contributed by atoms with E-state index in [2.05, 4.69) is 11.9 Å². The number of nitrogens with zero attached hydrogens (tertiary/aromatic N) is 1. The van der Waals surface area contributed by atoms with Crippen LogP contribution in [0.25, 0.3) is 0 Å². The van der Waals surface area contributed by atoms with E-state index >= 15 is 0 Å². The zero-order chi connectivity index (χ0) is 13.9. The van der Waals surface area contributed by atoms with Gasteiger partial charge >= 0.3 is 5.97 Å². The van der Waals surface area contributed by atoms with E-state index in [4.69, 9.17) is 13.9 Å². The highest BCUT2D eigenvalue weighted by molar-refractivity contribution is 5.87. The summed E-state index contributed by atoms with van der Waals surface area (Å²) in [5.74, 6) is 0.316. The molecule has 0 unspecified atom stereocenters. The van der Waals surface area contributed by atoms with Crippen molar-refractivity contribution in [1.29, 1.82) is 0 Å². The van der Waals surface area contributed by atoms with Gasteiger partial charge in [0.15, 0.2) is 0 Å². The van der Waals surface area contributed by atoms with Gasteiger partial charge in [0.2, 0.25) is 11.7 Å². The molecule has 1 aliphatic carbocycles. The number of carbonyl (C=O) groups is 1. The smallest absolute Gasteiger partial charge is 0.376 e. The average Bonchev–Trinajstić information content (AvgIpc) is 2.84. The Labute approximate surface area is 113 Å². The summed E-state index contributed by atoms with van der Waals surface area (Å²) >= 11 is 0. The van der Waals surface area contributed by atoms with Crippen LogP contribution < -0.4 is 0 Å². The third-order valence-corrected chi connectivity index (χ3v) is 3.82. The van der Waals surface area contributed by atoms with Crippen molar-refractivity contribution >= 4 is 5.97 Å². The Balaban J connectivity index is 2.33. The molecule has 1 aromatic heterocycles. The highest BCUT2D eigenvalue weighted by Crippen LogP contribution is 2.39. The number of hydrogen-bond acceptors (Lipinski definition) is 5. The summed E-state index contributed by atoms with van der Waals surface area (Å²) in [6.45, 7) is 2.40. The number of rotatable bonds is 4. The van der Waals surface area contributed by atoms with Crippen LogP contribution in [0.3, 0.4) is 0 Å². The van der Waals surface area contributed by atoms with E-state index in [1.807, 2.05) is 0 Å². The van der Waals surface area contributed by atoms with E-state index in [1.54, 1.807) is 7.11 Å². The predicted octanol–water partition coefficient (Wildman–Crippen LogP) is 2.83. The molecule has 0 spiro atoms. The third-order valence-electron chi connectivity index (χ3n) is 3.82. The zero-order valence-corrected chi connectivity index (χ0v) is 11.8. The first-order valence-corrected chi connectivity index (χ1v) is 6.68. The minimum absolute atomic E-state index is 0.0764. The second-order valence-corrected chi connectivity index (χ2v) is 5.34. The van der Waals surface area contributed by atoms with Crippen LogP contribution in [-0.2, 0) is 21.5 Å². The molecule has 0 N–H and O–H groups in total. The Morgan fingerprint density at radius 1 is 1.32 bits per heavy atom. The molecule has 0 bridgehead atoms. The first-order valence-electron chi connectivity index (χ1n) is 6.68. The summed E-state index contributed by atoms with van der Waals surface area (Å²) in [4.78, 5) is 16.2. The van der Waals surface area contributed by atoms with Gasteiger partial charge in [-0.05, 0) is 12.8 Å². The second kappa shape index (κ2) is 5.74. The molecule has 0 aliphatic heterocycles. The Morgan fingerprint density at radius 3 is 2.58 bits per heavy atom. The number of oxazole rings is 1. The summed E-state index contributed by atoms with van der Waals surface area (Å²) < 4.78 is 15.5. The lowest BCUT2D eigenvalue weighted by molar-refractivity contribution is 0.0553. The summed E-state index contributed by atoms with van der Waals surface area (Å²) in [7, 11) is 2.90. The fourth-order valence-corrected chi connectivity index (χ4v) is 2.64. The van der Waals surface area contributed by atoms with E-state index in [9.17, 15) is 4.79 Å². The van der Waals surface area contributed by atoms with Crippen molar-refractivity contribution in [2.45, 2.75) is 51.0 Å². The Hall–Kier alpha value is -1.36. The molecule has 0 amide bonds. The Kier molecular flexibility index (Phi) is 4.24.